The van der Waals surface area contributed by atoms with E-state index in [0.717, 1.165) is 11.1 Å². The van der Waals surface area contributed by atoms with Gasteiger partial charge < -0.3 is 9.84 Å². The van der Waals surface area contributed by atoms with Crippen LogP contribution in [0.1, 0.15) is 44.2 Å². The molecule has 6 heteroatoms. The monoisotopic (exact) mass is 315 g/mol. The Morgan fingerprint density at radius 3 is 2.38 bits per heavy atom. The van der Waals surface area contributed by atoms with Crippen molar-refractivity contribution in [3.05, 3.63) is 23.3 Å². The number of hydrogen-bond donors (Lipinski definition) is 2. The molecule has 0 spiro atoms. The normalized spacial score (nSPS) is 13.5. The Labute approximate surface area is 127 Å². The summed E-state index contributed by atoms with van der Waals surface area (Å²) in [5, 5.41) is 9.19. The minimum atomic E-state index is -3.73. The molecule has 5 nitrogen and oxygen atoms in total. The third-order valence-electron chi connectivity index (χ3n) is 3.50. The van der Waals surface area contributed by atoms with Crippen molar-refractivity contribution in [2.45, 2.75) is 51.0 Å². The average molecular weight is 315 g/mol. The fraction of sp³-hybridized carbons (Fsp3) is 0.600. The average Bonchev–Trinajstić information content (AvgIpc) is 2.43. The number of aryl methyl sites for hydroxylation is 1. The van der Waals surface area contributed by atoms with E-state index in [2.05, 4.69) is 4.72 Å². The predicted octanol–water partition coefficient (Wildman–Crippen LogP) is 2.18. The molecule has 120 valence electrons. The number of sulfonamides is 1. The highest BCUT2D eigenvalue weighted by atomic mass is 32.2. The van der Waals surface area contributed by atoms with Gasteiger partial charge in [0.25, 0.3) is 0 Å². The number of rotatable bonds is 7. The second-order valence-electron chi connectivity index (χ2n) is 5.42. The third-order valence-corrected chi connectivity index (χ3v) is 5.04. The van der Waals surface area contributed by atoms with E-state index < -0.39 is 16.1 Å². The molecule has 0 heterocycles. The first-order valence-electron chi connectivity index (χ1n) is 7.08. The number of benzene rings is 1. The molecule has 1 atom stereocenters. The van der Waals surface area contributed by atoms with Crippen LogP contribution in [0.5, 0.6) is 5.75 Å². The number of hydrogen-bond acceptors (Lipinski definition) is 4. The van der Waals surface area contributed by atoms with E-state index in [1.165, 1.54) is 7.11 Å². The van der Waals surface area contributed by atoms with Crippen molar-refractivity contribution < 1.29 is 18.3 Å². The van der Waals surface area contributed by atoms with E-state index >= 15 is 0 Å². The van der Waals surface area contributed by atoms with Gasteiger partial charge in [-0.05, 0) is 42.5 Å². The second-order valence-corrected chi connectivity index (χ2v) is 7.11. The molecule has 0 aliphatic heterocycles. The molecule has 1 rings (SSSR count). The summed E-state index contributed by atoms with van der Waals surface area (Å²) in [5.74, 6) is 0.530. The van der Waals surface area contributed by atoms with Gasteiger partial charge >= 0.3 is 0 Å². The number of aliphatic hydroxyl groups excluding tert-OH is 1. The molecule has 1 aromatic carbocycles. The maximum atomic E-state index is 12.5. The Morgan fingerprint density at radius 2 is 1.95 bits per heavy atom. The van der Waals surface area contributed by atoms with Crippen LogP contribution in [0, 0.1) is 6.92 Å². The van der Waals surface area contributed by atoms with E-state index in [-0.39, 0.29) is 17.4 Å². The van der Waals surface area contributed by atoms with Gasteiger partial charge in [0.2, 0.25) is 10.0 Å². The maximum absolute atomic E-state index is 12.5. The molecule has 0 bridgehead atoms. The lowest BCUT2D eigenvalue weighted by Gasteiger charge is -2.19. The Hall–Kier alpha value is -1.11. The van der Waals surface area contributed by atoms with Crippen LogP contribution in [0.15, 0.2) is 17.0 Å². The highest BCUT2D eigenvalue weighted by Crippen LogP contribution is 2.31. The zero-order valence-corrected chi connectivity index (χ0v) is 14.1. The summed E-state index contributed by atoms with van der Waals surface area (Å²) in [6.45, 7) is 7.54. The van der Waals surface area contributed by atoms with Crippen LogP contribution in [0.3, 0.4) is 0 Å². The molecular weight excluding hydrogens is 290 g/mol. The molecule has 0 aliphatic carbocycles. The van der Waals surface area contributed by atoms with Gasteiger partial charge in [0.15, 0.2) is 0 Å². The summed E-state index contributed by atoms with van der Waals surface area (Å²) >= 11 is 0. The summed E-state index contributed by atoms with van der Waals surface area (Å²) in [5.41, 5.74) is 1.96. The van der Waals surface area contributed by atoms with Gasteiger partial charge in [0, 0.05) is 6.04 Å². The molecule has 0 saturated heterocycles. The number of aliphatic hydroxyl groups is 1. The Kier molecular flexibility index (Phi) is 6.19. The van der Waals surface area contributed by atoms with Gasteiger partial charge in [-0.1, -0.05) is 20.8 Å². The first kappa shape index (κ1) is 17.9. The van der Waals surface area contributed by atoms with Crippen LogP contribution in [0.4, 0.5) is 0 Å². The summed E-state index contributed by atoms with van der Waals surface area (Å²) < 4.78 is 32.8. The predicted molar refractivity (Wildman–Crippen MR) is 83.3 cm³/mol. The Balaban J connectivity index is 3.36. The SMILES string of the molecule is CCC(CO)NS(=O)(=O)c1cc(C(C)C)c(C)cc1OC. The zero-order chi connectivity index (χ0) is 16.2. The molecule has 0 aliphatic rings. The minimum Gasteiger partial charge on any atom is -0.495 e. The van der Waals surface area contributed by atoms with Crippen molar-refractivity contribution in [1.82, 2.24) is 4.72 Å². The lowest BCUT2D eigenvalue weighted by atomic mass is 9.98. The summed E-state index contributed by atoms with van der Waals surface area (Å²) in [6, 6.07) is 2.90. The van der Waals surface area contributed by atoms with E-state index in [4.69, 9.17) is 4.74 Å². The van der Waals surface area contributed by atoms with Crippen LogP contribution in [-0.4, -0.2) is 33.3 Å². The Morgan fingerprint density at radius 1 is 1.33 bits per heavy atom. The van der Waals surface area contributed by atoms with Gasteiger partial charge in [0.05, 0.1) is 13.7 Å². The smallest absolute Gasteiger partial charge is 0.244 e. The maximum Gasteiger partial charge on any atom is 0.244 e. The highest BCUT2D eigenvalue weighted by molar-refractivity contribution is 7.89. The highest BCUT2D eigenvalue weighted by Gasteiger charge is 2.24. The van der Waals surface area contributed by atoms with Crippen molar-refractivity contribution in [2.24, 2.45) is 0 Å². The largest absolute Gasteiger partial charge is 0.495 e. The first-order valence-corrected chi connectivity index (χ1v) is 8.56. The van der Waals surface area contributed by atoms with Gasteiger partial charge in [-0.2, -0.15) is 0 Å². The van der Waals surface area contributed by atoms with Crippen LogP contribution in [-0.2, 0) is 10.0 Å². The fourth-order valence-electron chi connectivity index (χ4n) is 2.20. The zero-order valence-electron chi connectivity index (χ0n) is 13.3. The van der Waals surface area contributed by atoms with Crippen molar-refractivity contribution in [3.8, 4) is 5.75 Å². The molecule has 0 amide bonds. The number of nitrogens with one attached hydrogen (secondary N) is 1. The third kappa shape index (κ3) is 4.18. The fourth-order valence-corrected chi connectivity index (χ4v) is 3.70. The lowest BCUT2D eigenvalue weighted by molar-refractivity contribution is 0.253. The van der Waals surface area contributed by atoms with Gasteiger partial charge in [-0.3, -0.25) is 0 Å². The van der Waals surface area contributed by atoms with Crippen LogP contribution in [0.25, 0.3) is 0 Å². The molecule has 0 saturated carbocycles. The van der Waals surface area contributed by atoms with Crippen LogP contribution < -0.4 is 9.46 Å². The number of methoxy groups -OCH3 is 1. The Bertz CT molecular complexity index is 578. The van der Waals surface area contributed by atoms with Gasteiger partial charge in [0.1, 0.15) is 10.6 Å². The van der Waals surface area contributed by atoms with Crippen molar-refractivity contribution in [1.29, 1.82) is 0 Å². The van der Waals surface area contributed by atoms with Crippen molar-refractivity contribution in [2.75, 3.05) is 13.7 Å². The van der Waals surface area contributed by atoms with E-state index in [0.29, 0.717) is 12.2 Å². The molecule has 1 aromatic rings. The van der Waals surface area contributed by atoms with E-state index in [1.54, 1.807) is 12.1 Å². The van der Waals surface area contributed by atoms with Gasteiger partial charge in [-0.15, -0.1) is 0 Å². The summed E-state index contributed by atoms with van der Waals surface area (Å²) in [6.07, 6.45) is 0.515. The minimum absolute atomic E-state index is 0.117. The van der Waals surface area contributed by atoms with E-state index in [9.17, 15) is 13.5 Å². The lowest BCUT2D eigenvalue weighted by Crippen LogP contribution is -2.37. The second kappa shape index (κ2) is 7.24. The van der Waals surface area contributed by atoms with Crippen molar-refractivity contribution in [3.63, 3.8) is 0 Å². The van der Waals surface area contributed by atoms with Crippen LogP contribution >= 0.6 is 0 Å². The standard InChI is InChI=1S/C15H25NO4S/c1-6-12(9-17)16-21(18,19)15-8-13(10(2)3)11(4)7-14(15)20-5/h7-8,10,12,16-17H,6,9H2,1-5H3. The topological polar surface area (TPSA) is 75.6 Å². The molecule has 0 aromatic heterocycles. The summed E-state index contributed by atoms with van der Waals surface area (Å²) in [7, 11) is -2.28. The first-order chi connectivity index (χ1) is 9.76. The molecule has 21 heavy (non-hydrogen) atoms. The van der Waals surface area contributed by atoms with E-state index in [1.807, 2.05) is 27.7 Å². The van der Waals surface area contributed by atoms with Gasteiger partial charge in [-0.25, -0.2) is 13.1 Å². The molecule has 2 N–H and O–H groups in total. The molecule has 1 unspecified atom stereocenters. The quantitative estimate of drug-likeness (QED) is 0.808. The number of ether oxygens (including phenoxy) is 1. The molecule has 0 radical (unpaired) electrons. The van der Waals surface area contributed by atoms with Crippen LogP contribution in [0.2, 0.25) is 0 Å². The molecular formula is C15H25NO4S. The van der Waals surface area contributed by atoms with Crippen molar-refractivity contribution >= 4 is 10.0 Å². The summed E-state index contributed by atoms with van der Waals surface area (Å²) in [4.78, 5) is 0.117. The molecule has 0 fully saturated rings.